The number of carbonyl (C=O) groups excluding carboxylic acids is 1. The Bertz CT molecular complexity index is 408. The molecule has 0 radical (unpaired) electrons. The van der Waals surface area contributed by atoms with Crippen LogP contribution >= 0.6 is 0 Å². The van der Waals surface area contributed by atoms with E-state index in [0.717, 1.165) is 25.1 Å². The molecule has 0 heterocycles. The van der Waals surface area contributed by atoms with Crippen LogP contribution in [0, 0.1) is 0 Å². The minimum atomic E-state index is -0.138. The Balaban J connectivity index is 2.40. The van der Waals surface area contributed by atoms with Crippen LogP contribution in [0.5, 0.6) is 0 Å². The molecule has 5 heteroatoms. The number of benzene rings is 1. The molecule has 0 unspecified atom stereocenters. The van der Waals surface area contributed by atoms with Crippen LogP contribution in [0.25, 0.3) is 0 Å². The van der Waals surface area contributed by atoms with Crippen molar-refractivity contribution in [2.45, 2.75) is 19.8 Å². The van der Waals surface area contributed by atoms with Gasteiger partial charge in [-0.3, -0.25) is 4.79 Å². The highest BCUT2D eigenvalue weighted by atomic mass is 16.5. The van der Waals surface area contributed by atoms with Crippen molar-refractivity contribution in [2.75, 3.05) is 37.9 Å². The molecule has 0 aliphatic rings. The van der Waals surface area contributed by atoms with Gasteiger partial charge < -0.3 is 21.1 Å². The summed E-state index contributed by atoms with van der Waals surface area (Å²) in [5.74, 6) is -0.138. The average molecular weight is 265 g/mol. The predicted molar refractivity (Wildman–Crippen MR) is 78.5 cm³/mol. The first-order chi connectivity index (χ1) is 9.19. The molecule has 19 heavy (non-hydrogen) atoms. The van der Waals surface area contributed by atoms with Gasteiger partial charge in [0.05, 0.1) is 18.0 Å². The molecule has 4 N–H and O–H groups in total. The molecule has 0 saturated carbocycles. The van der Waals surface area contributed by atoms with Crippen LogP contribution in [0.4, 0.5) is 11.4 Å². The molecule has 1 rings (SSSR count). The molecule has 0 aliphatic carbocycles. The minimum absolute atomic E-state index is 0.138. The van der Waals surface area contributed by atoms with E-state index in [1.165, 1.54) is 0 Å². The van der Waals surface area contributed by atoms with Gasteiger partial charge in [-0.05, 0) is 24.6 Å². The zero-order valence-electron chi connectivity index (χ0n) is 11.7. The van der Waals surface area contributed by atoms with Crippen molar-refractivity contribution in [3.8, 4) is 0 Å². The van der Waals surface area contributed by atoms with Crippen molar-refractivity contribution in [3.63, 3.8) is 0 Å². The summed E-state index contributed by atoms with van der Waals surface area (Å²) in [5.41, 5.74) is 7.84. The summed E-state index contributed by atoms with van der Waals surface area (Å²) in [4.78, 5) is 11.4. The lowest BCUT2D eigenvalue weighted by Crippen LogP contribution is -2.18. The second kappa shape index (κ2) is 8.37. The SMILES string of the molecule is CCCCOCCNc1ccc(C(=O)NC)cc1N. The van der Waals surface area contributed by atoms with E-state index in [0.29, 0.717) is 24.4 Å². The summed E-state index contributed by atoms with van der Waals surface area (Å²) >= 11 is 0. The number of nitrogen functional groups attached to an aromatic ring is 1. The van der Waals surface area contributed by atoms with Crippen molar-refractivity contribution in [1.82, 2.24) is 5.32 Å². The fourth-order valence-electron chi connectivity index (χ4n) is 1.62. The first-order valence-corrected chi connectivity index (χ1v) is 6.62. The van der Waals surface area contributed by atoms with Gasteiger partial charge in [0, 0.05) is 25.8 Å². The minimum Gasteiger partial charge on any atom is -0.397 e. The normalized spacial score (nSPS) is 10.2. The topological polar surface area (TPSA) is 76.4 Å². The van der Waals surface area contributed by atoms with Crippen molar-refractivity contribution in [1.29, 1.82) is 0 Å². The van der Waals surface area contributed by atoms with E-state index in [1.807, 2.05) is 6.07 Å². The number of unbranched alkanes of at least 4 members (excludes halogenated alkanes) is 1. The Kier molecular flexibility index (Phi) is 6.74. The van der Waals surface area contributed by atoms with Crippen LogP contribution in [-0.4, -0.2) is 32.7 Å². The van der Waals surface area contributed by atoms with Crippen LogP contribution < -0.4 is 16.4 Å². The molecule has 0 atom stereocenters. The lowest BCUT2D eigenvalue weighted by molar-refractivity contribution is 0.0963. The number of nitrogens with two attached hydrogens (primary N) is 1. The lowest BCUT2D eigenvalue weighted by Gasteiger charge is -2.11. The molecule has 1 aromatic rings. The smallest absolute Gasteiger partial charge is 0.251 e. The van der Waals surface area contributed by atoms with Gasteiger partial charge in [-0.25, -0.2) is 0 Å². The number of hydrogen-bond acceptors (Lipinski definition) is 4. The number of hydrogen-bond donors (Lipinski definition) is 3. The third-order valence-corrected chi connectivity index (χ3v) is 2.74. The molecule has 0 bridgehead atoms. The molecule has 5 nitrogen and oxygen atoms in total. The Morgan fingerprint density at radius 2 is 2.16 bits per heavy atom. The Morgan fingerprint density at radius 1 is 1.37 bits per heavy atom. The maximum atomic E-state index is 11.4. The highest BCUT2D eigenvalue weighted by molar-refractivity contribution is 5.95. The monoisotopic (exact) mass is 265 g/mol. The summed E-state index contributed by atoms with van der Waals surface area (Å²) in [6.45, 7) is 4.28. The first-order valence-electron chi connectivity index (χ1n) is 6.62. The number of nitrogens with one attached hydrogen (secondary N) is 2. The van der Waals surface area contributed by atoms with Crippen molar-refractivity contribution < 1.29 is 9.53 Å². The Hall–Kier alpha value is -1.75. The van der Waals surface area contributed by atoms with Gasteiger partial charge in [-0.15, -0.1) is 0 Å². The van der Waals surface area contributed by atoms with Crippen molar-refractivity contribution in [3.05, 3.63) is 23.8 Å². The highest BCUT2D eigenvalue weighted by Crippen LogP contribution is 2.19. The summed E-state index contributed by atoms with van der Waals surface area (Å²) in [6, 6.07) is 5.22. The van der Waals surface area contributed by atoms with Crippen LogP contribution in [-0.2, 0) is 4.74 Å². The standard InChI is InChI=1S/C14H23N3O2/c1-3-4-8-19-9-7-17-13-6-5-11(10-12(13)15)14(18)16-2/h5-6,10,17H,3-4,7-9,15H2,1-2H3,(H,16,18). The second-order valence-electron chi connectivity index (χ2n) is 4.27. The zero-order chi connectivity index (χ0) is 14.1. The fraction of sp³-hybridized carbons (Fsp3) is 0.500. The molecule has 0 saturated heterocycles. The van der Waals surface area contributed by atoms with E-state index in [-0.39, 0.29) is 5.91 Å². The van der Waals surface area contributed by atoms with Gasteiger partial charge >= 0.3 is 0 Å². The Labute approximate surface area is 114 Å². The average Bonchev–Trinajstić information content (AvgIpc) is 2.43. The van der Waals surface area contributed by atoms with E-state index in [9.17, 15) is 4.79 Å². The molecule has 0 aliphatic heterocycles. The third-order valence-electron chi connectivity index (χ3n) is 2.74. The van der Waals surface area contributed by atoms with Gasteiger partial charge in [-0.1, -0.05) is 13.3 Å². The number of rotatable bonds is 8. The van der Waals surface area contributed by atoms with Gasteiger partial charge in [0.1, 0.15) is 0 Å². The van der Waals surface area contributed by atoms with Crippen LogP contribution in [0.15, 0.2) is 18.2 Å². The molecule has 1 amide bonds. The summed E-state index contributed by atoms with van der Waals surface area (Å²) < 4.78 is 5.45. The van der Waals surface area contributed by atoms with Gasteiger partial charge in [-0.2, -0.15) is 0 Å². The van der Waals surface area contributed by atoms with Gasteiger partial charge in [0.15, 0.2) is 0 Å². The third kappa shape index (κ3) is 5.18. The van der Waals surface area contributed by atoms with Crippen LogP contribution in [0.1, 0.15) is 30.1 Å². The van der Waals surface area contributed by atoms with Gasteiger partial charge in [0.25, 0.3) is 5.91 Å². The summed E-state index contributed by atoms with van der Waals surface area (Å²) in [6.07, 6.45) is 2.23. The highest BCUT2D eigenvalue weighted by Gasteiger charge is 2.05. The number of carbonyl (C=O) groups is 1. The molecule has 106 valence electrons. The molecule has 0 fully saturated rings. The van der Waals surface area contributed by atoms with E-state index in [4.69, 9.17) is 10.5 Å². The molecule has 0 aromatic heterocycles. The van der Waals surface area contributed by atoms with Crippen LogP contribution in [0.3, 0.4) is 0 Å². The number of anilines is 2. The molecular weight excluding hydrogens is 242 g/mol. The number of amides is 1. The predicted octanol–water partition coefficient (Wildman–Crippen LogP) is 1.86. The second-order valence-corrected chi connectivity index (χ2v) is 4.27. The van der Waals surface area contributed by atoms with Crippen LogP contribution in [0.2, 0.25) is 0 Å². The molecular formula is C14H23N3O2. The summed E-state index contributed by atoms with van der Waals surface area (Å²) in [7, 11) is 1.60. The largest absolute Gasteiger partial charge is 0.397 e. The van der Waals surface area contributed by atoms with E-state index >= 15 is 0 Å². The quantitative estimate of drug-likeness (QED) is 0.495. The zero-order valence-corrected chi connectivity index (χ0v) is 11.7. The maximum absolute atomic E-state index is 11.4. The Morgan fingerprint density at radius 3 is 2.79 bits per heavy atom. The van der Waals surface area contributed by atoms with E-state index in [2.05, 4.69) is 17.6 Å². The van der Waals surface area contributed by atoms with Crippen molar-refractivity contribution >= 4 is 17.3 Å². The first kappa shape index (κ1) is 15.3. The fourth-order valence-corrected chi connectivity index (χ4v) is 1.62. The lowest BCUT2D eigenvalue weighted by atomic mass is 10.1. The van der Waals surface area contributed by atoms with Gasteiger partial charge in [0.2, 0.25) is 0 Å². The van der Waals surface area contributed by atoms with E-state index in [1.54, 1.807) is 19.2 Å². The van der Waals surface area contributed by atoms with Crippen molar-refractivity contribution in [2.24, 2.45) is 0 Å². The number of ether oxygens (including phenoxy) is 1. The molecule has 1 aromatic carbocycles. The summed E-state index contributed by atoms with van der Waals surface area (Å²) in [5, 5.41) is 5.76. The van der Waals surface area contributed by atoms with E-state index < -0.39 is 0 Å². The maximum Gasteiger partial charge on any atom is 0.251 e. The molecule has 0 spiro atoms.